The van der Waals surface area contributed by atoms with Crippen molar-refractivity contribution in [3.05, 3.63) is 519 Å². The molecule has 20 aromatic rings. The summed E-state index contributed by atoms with van der Waals surface area (Å²) < 4.78 is 0. The minimum absolute atomic E-state index is 0.896. The predicted octanol–water partition coefficient (Wildman–Crippen LogP) is 30.0. The highest BCUT2D eigenvalue weighted by Crippen LogP contribution is 2.63. The van der Waals surface area contributed by atoms with Gasteiger partial charge in [-0.3, -0.25) is 19.9 Å². The van der Waals surface area contributed by atoms with Crippen LogP contribution in [-0.2, 0) is 103 Å². The number of benzene rings is 16. The smallest absolute Gasteiger partial charge is 0.141 e. The van der Waals surface area contributed by atoms with Crippen molar-refractivity contribution in [1.29, 1.82) is 0 Å². The molecular weight excluding hydrogens is 1700 g/mol. The van der Waals surface area contributed by atoms with E-state index in [2.05, 4.69) is 345 Å². The van der Waals surface area contributed by atoms with Crippen LogP contribution in [-0.4, -0.2) is 19.9 Å². The number of hydrogen-bond acceptors (Lipinski definition) is 8. The van der Waals surface area contributed by atoms with E-state index in [9.17, 15) is 0 Å². The number of aromatic nitrogens is 4. The molecular formula is C132H88N8. The molecule has 0 unspecified atom stereocenters. The molecule has 4 aromatic heterocycles. The molecule has 36 rings (SSSR count). The van der Waals surface area contributed by atoms with Crippen molar-refractivity contribution in [2.45, 2.75) is 103 Å². The highest BCUT2D eigenvalue weighted by atomic mass is 15.2. The first-order valence-corrected chi connectivity index (χ1v) is 50.3. The average Bonchev–Trinajstić information content (AvgIpc) is 1.37. The Bertz CT molecular complexity index is 8040. The fraction of sp³-hybridized carbons (Fsp3) is 0.121. The van der Waals surface area contributed by atoms with Gasteiger partial charge in [-0.25, -0.2) is 4.98 Å². The number of fused-ring (bicyclic) bond motifs is 44. The van der Waals surface area contributed by atoms with E-state index in [1.807, 2.05) is 24.8 Å². The van der Waals surface area contributed by atoms with E-state index < -0.39 is 0 Å². The maximum Gasteiger partial charge on any atom is 0.141 e. The van der Waals surface area contributed by atoms with Crippen molar-refractivity contribution in [2.24, 2.45) is 0 Å². The van der Waals surface area contributed by atoms with Gasteiger partial charge >= 0.3 is 0 Å². The first kappa shape index (κ1) is 76.5. The zero-order valence-electron chi connectivity index (χ0n) is 77.2. The van der Waals surface area contributed by atoms with Gasteiger partial charge in [-0.15, -0.1) is 0 Å². The lowest BCUT2D eigenvalue weighted by Crippen LogP contribution is -2.26. The molecule has 0 spiro atoms. The summed E-state index contributed by atoms with van der Waals surface area (Å²) in [6.45, 7) is 0. The molecule has 0 saturated carbocycles. The normalized spacial score (nSPS) is 14.9. The van der Waals surface area contributed by atoms with Gasteiger partial charge in [0.25, 0.3) is 0 Å². The lowest BCUT2D eigenvalue weighted by molar-refractivity contribution is 0.969. The van der Waals surface area contributed by atoms with Crippen LogP contribution in [0.5, 0.6) is 0 Å². The van der Waals surface area contributed by atoms with Crippen LogP contribution in [0.2, 0.25) is 0 Å². The van der Waals surface area contributed by atoms with Crippen molar-refractivity contribution in [3.8, 4) is 89.0 Å². The summed E-state index contributed by atoms with van der Waals surface area (Å²) in [5.41, 5.74) is 83.8. The lowest BCUT2D eigenvalue weighted by Gasteiger charge is -2.40. The molecule has 12 heterocycles. The molecule has 8 heteroatoms. The van der Waals surface area contributed by atoms with Gasteiger partial charge in [0.1, 0.15) is 5.82 Å². The molecule has 140 heavy (non-hydrogen) atoms. The maximum absolute atomic E-state index is 4.88. The summed E-state index contributed by atoms with van der Waals surface area (Å²) in [5.74, 6) is 1.09. The van der Waals surface area contributed by atoms with E-state index >= 15 is 0 Å². The van der Waals surface area contributed by atoms with Crippen LogP contribution in [0.4, 0.5) is 68.4 Å². The van der Waals surface area contributed by atoms with Gasteiger partial charge in [0.2, 0.25) is 0 Å². The summed E-state index contributed by atoms with van der Waals surface area (Å²) in [4.78, 5) is 28.8. The van der Waals surface area contributed by atoms with Gasteiger partial charge < -0.3 is 14.7 Å². The fourth-order valence-corrected chi connectivity index (χ4v) is 28.5. The lowest BCUT2D eigenvalue weighted by atomic mass is 9.82. The molecule has 16 aliphatic rings. The zero-order valence-corrected chi connectivity index (χ0v) is 77.2. The molecule has 0 saturated heterocycles. The van der Waals surface area contributed by atoms with Crippen molar-refractivity contribution in [3.63, 3.8) is 0 Å². The number of nitrogens with zero attached hydrogens (tertiary/aromatic N) is 8. The Morgan fingerprint density at radius 2 is 0.436 bits per heavy atom. The number of para-hydroxylation sites is 4. The minimum atomic E-state index is 0.896. The molecule has 0 amide bonds. The van der Waals surface area contributed by atoms with E-state index in [4.69, 9.17) is 9.97 Å². The van der Waals surface area contributed by atoms with Crippen molar-refractivity contribution in [2.75, 3.05) is 19.6 Å². The Morgan fingerprint density at radius 1 is 0.157 bits per heavy atom. The second kappa shape index (κ2) is 28.5. The van der Waals surface area contributed by atoms with Crippen LogP contribution in [0.15, 0.2) is 340 Å². The Hall–Kier alpha value is -16.7. The molecule has 0 bridgehead atoms. The summed E-state index contributed by atoms with van der Waals surface area (Å²) in [7, 11) is 0. The molecule has 0 N–H and O–H groups in total. The number of hydrogen-bond donors (Lipinski definition) is 0. The topological polar surface area (TPSA) is 64.5 Å². The van der Waals surface area contributed by atoms with Gasteiger partial charge in [0.05, 0.1) is 57.4 Å². The summed E-state index contributed by atoms with van der Waals surface area (Å²) in [5, 5.41) is 0. The summed E-state index contributed by atoms with van der Waals surface area (Å²) >= 11 is 0. The van der Waals surface area contributed by atoms with E-state index in [1.54, 1.807) is 0 Å². The van der Waals surface area contributed by atoms with E-state index in [1.165, 1.54) is 330 Å². The van der Waals surface area contributed by atoms with Gasteiger partial charge in [0, 0.05) is 99.4 Å². The summed E-state index contributed by atoms with van der Waals surface area (Å²) in [6, 6.07) is 114. The third-order valence-electron chi connectivity index (χ3n) is 34.1. The first-order valence-electron chi connectivity index (χ1n) is 50.3. The average molecular weight is 1790 g/mol. The van der Waals surface area contributed by atoms with Crippen LogP contribution in [0.1, 0.15) is 178 Å². The van der Waals surface area contributed by atoms with Crippen LogP contribution in [0, 0.1) is 0 Å². The van der Waals surface area contributed by atoms with Crippen LogP contribution < -0.4 is 19.6 Å². The fourth-order valence-electron chi connectivity index (χ4n) is 28.5. The Morgan fingerprint density at radius 3 is 0.871 bits per heavy atom. The SMILES string of the molecule is c1ccc2c(c1)Cc1cc3c(cc1-2)-c1c(cc2c4c1Cc1cccnc1N4c1ccccc1C2)C3.c1ccc2c(c1)Cc1cc3c(cc1-2)-c1c(cc2c4c1Cc1ccncc1N4c1ccccc1C2)C3.c1ccc2c(c1)Cc1cc3c(cc1-2)-c1c(cc2c4c1Cc1cnccc1N4c1ccccc1C2)C3.c1ccc2c(c1)Cc1cc3c(cc1-2)-c1c(cc2c4c1Cc1ncccc1N4c1ccccc1C2)C3. The van der Waals surface area contributed by atoms with E-state index in [0.29, 0.717) is 0 Å². The van der Waals surface area contributed by atoms with E-state index in [0.717, 1.165) is 109 Å². The van der Waals surface area contributed by atoms with Crippen LogP contribution in [0.25, 0.3) is 89.0 Å². The highest BCUT2D eigenvalue weighted by Gasteiger charge is 2.45. The quantitative estimate of drug-likeness (QED) is 0.149. The Balaban J connectivity index is 0.0000000829. The van der Waals surface area contributed by atoms with Crippen molar-refractivity contribution < 1.29 is 0 Å². The second-order valence-corrected chi connectivity index (χ2v) is 41.5. The molecule has 656 valence electrons. The molecule has 16 aromatic carbocycles. The third kappa shape index (κ3) is 10.8. The van der Waals surface area contributed by atoms with E-state index in [-0.39, 0.29) is 0 Å². The standard InChI is InChI=1S/4C33H22N2/c1-3-9-26-19(6-1)12-22-14-23-15-24-16-25-13-20-7-2-4-10-30(20)35-32(25)29(31(24)28(23)18-27(22)26)17-21-8-5-11-34-33(21)35;1-3-8-25-19(6-1)12-21-14-22-15-23-16-24-13-20-7-2-4-9-30(20)35-31-10-5-11-34-29(31)18-28(33(24)35)32(23)27(22)17-26(21)25;1-3-7-26-19(5-1)11-21-13-22-14-23-15-24-12-20-6-2-4-8-30(20)35-31-9-10-34-18-25(31)16-29(33(24)35)32(23)28(22)17-27(21)26;1-3-7-26-19(5-1)11-22-13-23-14-24-15-25-12-20-6-2-4-8-30(20)35-31-18-34-10-9-21(31)16-29(33(25)35)32(24)28(23)17-27(22)26/h1-11,14,16,18H,12-13,15,17H2;1-11,14,16-17H,12-13,15,18H2;2*1-10,13,15,17-18H,11-12,14,16H2. The molecule has 0 radical (unpaired) electrons. The summed E-state index contributed by atoms with van der Waals surface area (Å²) in [6.07, 6.45) is 28.0. The molecule has 8 aliphatic carbocycles. The highest BCUT2D eigenvalue weighted by molar-refractivity contribution is 6.04. The molecule has 0 atom stereocenters. The number of pyridine rings is 4. The number of anilines is 12. The van der Waals surface area contributed by atoms with Crippen molar-refractivity contribution >= 4 is 68.4 Å². The molecule has 0 fully saturated rings. The molecule has 8 nitrogen and oxygen atoms in total. The van der Waals surface area contributed by atoms with Gasteiger partial charge in [-0.1, -0.05) is 224 Å². The largest absolute Gasteiger partial charge is 0.309 e. The minimum Gasteiger partial charge on any atom is -0.309 e. The second-order valence-electron chi connectivity index (χ2n) is 41.5. The van der Waals surface area contributed by atoms with Gasteiger partial charge in [-0.2, -0.15) is 0 Å². The zero-order chi connectivity index (χ0) is 90.7. The van der Waals surface area contributed by atoms with Crippen LogP contribution in [0.3, 0.4) is 0 Å². The first-order chi connectivity index (χ1) is 69.3. The van der Waals surface area contributed by atoms with Gasteiger partial charge in [0.15, 0.2) is 0 Å². The Kier molecular flexibility index (Phi) is 15.6. The maximum atomic E-state index is 4.88. The van der Waals surface area contributed by atoms with Crippen LogP contribution >= 0.6 is 0 Å². The molecule has 8 aliphatic heterocycles. The van der Waals surface area contributed by atoms with Gasteiger partial charge in [-0.05, 0) is 392 Å². The monoisotopic (exact) mass is 1780 g/mol. The number of rotatable bonds is 0. The third-order valence-corrected chi connectivity index (χ3v) is 34.1. The van der Waals surface area contributed by atoms with Crippen molar-refractivity contribution in [1.82, 2.24) is 19.9 Å². The Labute approximate surface area is 812 Å². The predicted molar refractivity (Wildman–Crippen MR) is 564 cm³/mol.